The van der Waals surface area contributed by atoms with E-state index in [1.165, 1.54) is 30.6 Å². The van der Waals surface area contributed by atoms with E-state index in [0.717, 1.165) is 16.5 Å². The van der Waals surface area contributed by atoms with Crippen molar-refractivity contribution in [1.82, 2.24) is 0 Å². The maximum absolute atomic E-state index is 10.8. The van der Waals surface area contributed by atoms with Crippen LogP contribution in [-0.4, -0.2) is 12.9 Å². The van der Waals surface area contributed by atoms with Crippen LogP contribution in [0.2, 0.25) is 0 Å². The molecule has 4 heteroatoms. The largest absolute Gasteiger partial charge is 0.490 e. The molecule has 17 heavy (non-hydrogen) atoms. The Labute approximate surface area is 115 Å². The van der Waals surface area contributed by atoms with Crippen molar-refractivity contribution in [3.63, 3.8) is 0 Å². The molecule has 2 nitrogen and oxygen atoms in total. The smallest absolute Gasteiger partial charge is 0.154 e. The summed E-state index contributed by atoms with van der Waals surface area (Å²) in [6, 6.07) is 0. The van der Waals surface area contributed by atoms with E-state index in [1.54, 1.807) is 0 Å². The van der Waals surface area contributed by atoms with Gasteiger partial charge in [0.05, 0.1) is 12.2 Å². The van der Waals surface area contributed by atoms with Crippen LogP contribution in [-0.2, 0) is 0 Å². The molecule has 1 aromatic heterocycles. The van der Waals surface area contributed by atoms with Crippen LogP contribution in [0, 0.1) is 5.92 Å². The van der Waals surface area contributed by atoms with Crippen LogP contribution in [0.1, 0.15) is 49.9 Å². The summed E-state index contributed by atoms with van der Waals surface area (Å²) in [6.45, 7) is 5.09. The minimum Gasteiger partial charge on any atom is -0.490 e. The van der Waals surface area contributed by atoms with Gasteiger partial charge in [0.2, 0.25) is 0 Å². The molecule has 0 N–H and O–H groups in total. The summed E-state index contributed by atoms with van der Waals surface area (Å²) < 4.78 is 6.69. The van der Waals surface area contributed by atoms with Crippen LogP contribution in [0.5, 0.6) is 5.75 Å². The Kier molecular flexibility index (Phi) is 6.82. The third-order valence-electron chi connectivity index (χ3n) is 2.86. The Balaban J connectivity index is 2.52. The number of thiophene rings is 1. The molecule has 1 aromatic rings. The van der Waals surface area contributed by atoms with Crippen molar-refractivity contribution in [2.45, 2.75) is 39.5 Å². The van der Waals surface area contributed by atoms with Crippen LogP contribution in [0.15, 0.2) is 9.17 Å². The van der Waals surface area contributed by atoms with Crippen LogP contribution in [0.3, 0.4) is 0 Å². The third-order valence-corrected chi connectivity index (χ3v) is 4.55. The van der Waals surface area contributed by atoms with Crippen LogP contribution < -0.4 is 4.74 Å². The average Bonchev–Trinajstić information content (AvgIpc) is 2.70. The molecule has 1 rings (SSSR count). The first-order valence-corrected chi connectivity index (χ1v) is 7.75. The Morgan fingerprint density at radius 1 is 1.53 bits per heavy atom. The topological polar surface area (TPSA) is 26.3 Å². The fraction of sp³-hybridized carbons (Fsp3) is 0.615. The third kappa shape index (κ3) is 4.43. The number of aldehydes is 1. The van der Waals surface area contributed by atoms with E-state index in [2.05, 4.69) is 29.8 Å². The zero-order chi connectivity index (χ0) is 12.7. The lowest BCUT2D eigenvalue weighted by Gasteiger charge is -2.15. The second-order valence-corrected chi connectivity index (χ2v) is 6.34. The van der Waals surface area contributed by atoms with Crippen molar-refractivity contribution in [3.8, 4) is 5.75 Å². The number of carbonyl (C=O) groups is 1. The van der Waals surface area contributed by atoms with Gasteiger partial charge in [-0.05, 0) is 28.3 Å². The van der Waals surface area contributed by atoms with E-state index in [-0.39, 0.29) is 0 Å². The van der Waals surface area contributed by atoms with E-state index in [9.17, 15) is 4.79 Å². The predicted octanol–water partition coefficient (Wildman–Crippen LogP) is 4.92. The molecule has 96 valence electrons. The molecule has 0 fully saturated rings. The predicted molar refractivity (Wildman–Crippen MR) is 76.2 cm³/mol. The molecule has 1 heterocycles. The average molecular weight is 319 g/mol. The maximum atomic E-state index is 10.8. The molecule has 0 spiro atoms. The minimum absolute atomic E-state index is 0.584. The Bertz CT molecular complexity index is 349. The molecule has 1 unspecified atom stereocenters. The molecule has 0 radical (unpaired) electrons. The maximum Gasteiger partial charge on any atom is 0.154 e. The lowest BCUT2D eigenvalue weighted by molar-refractivity contribution is 0.111. The molecular formula is C13H19BrO2S. The van der Waals surface area contributed by atoms with Crippen molar-refractivity contribution in [2.75, 3.05) is 6.61 Å². The molecule has 0 aliphatic rings. The van der Waals surface area contributed by atoms with Crippen molar-refractivity contribution in [2.24, 2.45) is 5.92 Å². The van der Waals surface area contributed by atoms with Crippen LogP contribution in [0.4, 0.5) is 0 Å². The van der Waals surface area contributed by atoms with Gasteiger partial charge < -0.3 is 4.74 Å². The standard InChI is InChI=1S/C13H19BrO2S/c1-3-5-6-10(4-2)8-16-12-11(7-15)9-17-13(12)14/h7,9-10H,3-6,8H2,1-2H3. The fourth-order valence-electron chi connectivity index (χ4n) is 1.66. The van der Waals surface area contributed by atoms with E-state index < -0.39 is 0 Å². The molecule has 0 saturated heterocycles. The first-order valence-electron chi connectivity index (χ1n) is 6.07. The van der Waals surface area contributed by atoms with Crippen LogP contribution in [0.25, 0.3) is 0 Å². The highest BCUT2D eigenvalue weighted by Gasteiger charge is 2.13. The van der Waals surface area contributed by atoms with Crippen molar-refractivity contribution in [3.05, 3.63) is 14.7 Å². The summed E-state index contributed by atoms with van der Waals surface area (Å²) in [7, 11) is 0. The number of unbranched alkanes of at least 4 members (excludes halogenated alkanes) is 1. The van der Waals surface area contributed by atoms with Crippen molar-refractivity contribution in [1.29, 1.82) is 0 Å². The Morgan fingerprint density at radius 3 is 2.88 bits per heavy atom. The lowest BCUT2D eigenvalue weighted by Crippen LogP contribution is -2.11. The van der Waals surface area contributed by atoms with E-state index in [4.69, 9.17) is 4.74 Å². The quantitative estimate of drug-likeness (QED) is 0.636. The van der Waals surface area contributed by atoms with Gasteiger partial charge in [0, 0.05) is 5.38 Å². The minimum atomic E-state index is 0.584. The summed E-state index contributed by atoms with van der Waals surface area (Å²) in [6.07, 6.45) is 5.64. The summed E-state index contributed by atoms with van der Waals surface area (Å²) in [5.74, 6) is 1.29. The Morgan fingerprint density at radius 2 is 2.29 bits per heavy atom. The molecule has 0 saturated carbocycles. The monoisotopic (exact) mass is 318 g/mol. The summed E-state index contributed by atoms with van der Waals surface area (Å²) >= 11 is 4.91. The van der Waals surface area contributed by atoms with Gasteiger partial charge in [-0.15, -0.1) is 11.3 Å². The zero-order valence-electron chi connectivity index (χ0n) is 10.4. The molecular weight excluding hydrogens is 300 g/mol. The molecule has 0 aromatic carbocycles. The highest BCUT2D eigenvalue weighted by Crippen LogP contribution is 2.35. The molecule has 0 aliphatic heterocycles. The molecule has 0 amide bonds. The van der Waals surface area contributed by atoms with Gasteiger partial charge in [0.15, 0.2) is 12.0 Å². The van der Waals surface area contributed by atoms with E-state index in [1.807, 2.05) is 5.38 Å². The van der Waals surface area contributed by atoms with E-state index in [0.29, 0.717) is 23.8 Å². The number of hydrogen-bond donors (Lipinski definition) is 0. The summed E-state index contributed by atoms with van der Waals surface area (Å²) in [4.78, 5) is 10.8. The summed E-state index contributed by atoms with van der Waals surface area (Å²) in [5.41, 5.74) is 0.646. The SMILES string of the molecule is CCCCC(CC)COc1c(C=O)csc1Br. The normalized spacial score (nSPS) is 12.4. The van der Waals surface area contributed by atoms with Gasteiger partial charge in [0.25, 0.3) is 0 Å². The van der Waals surface area contributed by atoms with Gasteiger partial charge in [-0.1, -0.05) is 33.1 Å². The number of rotatable bonds is 8. The lowest BCUT2D eigenvalue weighted by atomic mass is 10.0. The van der Waals surface area contributed by atoms with Gasteiger partial charge in [0.1, 0.15) is 3.79 Å². The first-order chi connectivity index (χ1) is 8.22. The van der Waals surface area contributed by atoms with Gasteiger partial charge >= 0.3 is 0 Å². The van der Waals surface area contributed by atoms with Crippen molar-refractivity contribution >= 4 is 33.6 Å². The number of carbonyl (C=O) groups excluding carboxylic acids is 1. The molecule has 0 bridgehead atoms. The second kappa shape index (κ2) is 7.88. The Hall–Kier alpha value is -0.350. The number of halogens is 1. The van der Waals surface area contributed by atoms with Gasteiger partial charge in [-0.25, -0.2) is 0 Å². The molecule has 0 aliphatic carbocycles. The number of hydrogen-bond acceptors (Lipinski definition) is 3. The second-order valence-electron chi connectivity index (χ2n) is 4.14. The fourth-order valence-corrected chi connectivity index (χ4v) is 2.96. The van der Waals surface area contributed by atoms with Gasteiger partial charge in [-0.3, -0.25) is 4.79 Å². The molecule has 1 atom stereocenters. The first kappa shape index (κ1) is 14.7. The van der Waals surface area contributed by atoms with Crippen LogP contribution >= 0.6 is 27.3 Å². The highest BCUT2D eigenvalue weighted by atomic mass is 79.9. The van der Waals surface area contributed by atoms with Crippen molar-refractivity contribution < 1.29 is 9.53 Å². The number of ether oxygens (including phenoxy) is 1. The zero-order valence-corrected chi connectivity index (χ0v) is 12.8. The summed E-state index contributed by atoms with van der Waals surface area (Å²) in [5, 5.41) is 1.82. The van der Waals surface area contributed by atoms with Gasteiger partial charge in [-0.2, -0.15) is 0 Å². The highest BCUT2D eigenvalue weighted by molar-refractivity contribution is 9.11. The van der Waals surface area contributed by atoms with E-state index >= 15 is 0 Å².